The van der Waals surface area contributed by atoms with E-state index in [0.717, 1.165) is 49.0 Å². The van der Waals surface area contributed by atoms with Crippen molar-refractivity contribution in [3.8, 4) is 33.8 Å². The molecule has 0 aliphatic heterocycles. The Labute approximate surface area is 261 Å². The summed E-state index contributed by atoms with van der Waals surface area (Å²) in [6.45, 7) is 5.24. The van der Waals surface area contributed by atoms with Crippen molar-refractivity contribution >= 4 is 34.6 Å². The third-order valence-electron chi connectivity index (χ3n) is 7.46. The van der Waals surface area contributed by atoms with E-state index in [1.54, 1.807) is 22.7 Å². The highest BCUT2D eigenvalue weighted by Gasteiger charge is 2.13. The summed E-state index contributed by atoms with van der Waals surface area (Å²) in [5, 5.41) is 26.9. The standard InChI is InChI=1S/C35H40O6S2/c1-24-20-42-22-31(24)27-17-28(32-23-43-21-25(32)2)19-29(18-27)40-15-6-4-3-5-9-26-10-7-11-33(30(26)13-14-35(38)39)41-16-8-12-34(36)37/h7,10-11,17-23H,3-6,8-9,12-16H2,1-2H3,(H,36,37)(H,38,39). The average molecular weight is 621 g/mol. The van der Waals surface area contributed by atoms with Gasteiger partial charge in [0.2, 0.25) is 0 Å². The van der Waals surface area contributed by atoms with Crippen LogP contribution in [0.1, 0.15) is 67.2 Å². The molecule has 8 heteroatoms. The summed E-state index contributed by atoms with van der Waals surface area (Å²) in [5.41, 5.74) is 9.44. The molecule has 2 aromatic heterocycles. The Balaban J connectivity index is 1.30. The van der Waals surface area contributed by atoms with Crippen LogP contribution in [0.2, 0.25) is 0 Å². The number of thiophene rings is 2. The number of hydrogen-bond donors (Lipinski definition) is 2. The van der Waals surface area contributed by atoms with Gasteiger partial charge in [-0.2, -0.15) is 22.7 Å². The molecule has 2 N–H and O–H groups in total. The first-order valence-electron chi connectivity index (χ1n) is 14.8. The highest BCUT2D eigenvalue weighted by molar-refractivity contribution is 7.08. The molecule has 0 saturated heterocycles. The molecule has 4 aromatic rings. The molecule has 0 radical (unpaired) electrons. The maximum Gasteiger partial charge on any atom is 0.303 e. The van der Waals surface area contributed by atoms with E-state index in [1.807, 2.05) is 18.2 Å². The van der Waals surface area contributed by atoms with E-state index in [-0.39, 0.29) is 12.8 Å². The fraction of sp³-hybridized carbons (Fsp3) is 0.371. The second-order valence-corrected chi connectivity index (χ2v) is 12.3. The molecule has 228 valence electrons. The molecule has 0 spiro atoms. The van der Waals surface area contributed by atoms with Crippen LogP contribution in [0.5, 0.6) is 11.5 Å². The average Bonchev–Trinajstić information content (AvgIpc) is 3.61. The Morgan fingerprint density at radius 3 is 1.93 bits per heavy atom. The van der Waals surface area contributed by atoms with Gasteiger partial charge in [-0.1, -0.05) is 25.0 Å². The molecule has 0 unspecified atom stereocenters. The highest BCUT2D eigenvalue weighted by Crippen LogP contribution is 2.36. The molecular formula is C35H40O6S2. The van der Waals surface area contributed by atoms with Gasteiger partial charge < -0.3 is 19.7 Å². The third kappa shape index (κ3) is 9.70. The van der Waals surface area contributed by atoms with Crippen LogP contribution in [-0.4, -0.2) is 35.4 Å². The van der Waals surface area contributed by atoms with Gasteiger partial charge in [0.1, 0.15) is 11.5 Å². The number of carbonyl (C=O) groups is 2. The van der Waals surface area contributed by atoms with Crippen LogP contribution < -0.4 is 9.47 Å². The van der Waals surface area contributed by atoms with Gasteiger partial charge in [-0.15, -0.1) is 0 Å². The van der Waals surface area contributed by atoms with Crippen LogP contribution in [0.4, 0.5) is 0 Å². The SMILES string of the molecule is Cc1cscc1-c1cc(OCCCCCCc2cccc(OCCCC(=O)O)c2CCC(=O)O)cc(-c2cscc2C)c1. The molecular weight excluding hydrogens is 581 g/mol. The summed E-state index contributed by atoms with van der Waals surface area (Å²) in [6.07, 6.45) is 5.73. The van der Waals surface area contributed by atoms with Gasteiger partial charge in [0.15, 0.2) is 0 Å². The third-order valence-corrected chi connectivity index (χ3v) is 9.18. The summed E-state index contributed by atoms with van der Waals surface area (Å²) < 4.78 is 12.1. The van der Waals surface area contributed by atoms with Gasteiger partial charge in [-0.25, -0.2) is 0 Å². The van der Waals surface area contributed by atoms with E-state index in [0.29, 0.717) is 31.8 Å². The van der Waals surface area contributed by atoms with Crippen molar-refractivity contribution in [1.82, 2.24) is 0 Å². The predicted octanol–water partition coefficient (Wildman–Crippen LogP) is 9.20. The number of ether oxygens (including phenoxy) is 2. The summed E-state index contributed by atoms with van der Waals surface area (Å²) in [5.74, 6) is -0.143. The monoisotopic (exact) mass is 620 g/mol. The van der Waals surface area contributed by atoms with Crippen LogP contribution in [0.25, 0.3) is 22.3 Å². The van der Waals surface area contributed by atoms with Gasteiger partial charge in [0.25, 0.3) is 0 Å². The summed E-state index contributed by atoms with van der Waals surface area (Å²) in [6, 6.07) is 12.4. The summed E-state index contributed by atoms with van der Waals surface area (Å²) >= 11 is 3.44. The zero-order chi connectivity index (χ0) is 30.6. The molecule has 0 atom stereocenters. The maximum atomic E-state index is 11.3. The van der Waals surface area contributed by atoms with E-state index in [9.17, 15) is 14.7 Å². The lowest BCUT2D eigenvalue weighted by Crippen LogP contribution is -2.07. The molecule has 0 aliphatic rings. The van der Waals surface area contributed by atoms with Gasteiger partial charge in [-0.05, 0) is 136 Å². The predicted molar refractivity (Wildman–Crippen MR) is 175 cm³/mol. The molecule has 2 heterocycles. The smallest absolute Gasteiger partial charge is 0.303 e. The number of rotatable bonds is 18. The fourth-order valence-electron chi connectivity index (χ4n) is 5.17. The molecule has 0 fully saturated rings. The summed E-state index contributed by atoms with van der Waals surface area (Å²) in [7, 11) is 0. The van der Waals surface area contributed by atoms with E-state index < -0.39 is 11.9 Å². The van der Waals surface area contributed by atoms with Crippen LogP contribution >= 0.6 is 22.7 Å². The van der Waals surface area contributed by atoms with Crippen LogP contribution in [0.3, 0.4) is 0 Å². The number of unbranched alkanes of at least 4 members (excludes halogenated alkanes) is 3. The lowest BCUT2D eigenvalue weighted by atomic mass is 9.97. The van der Waals surface area contributed by atoms with Crippen molar-refractivity contribution in [2.75, 3.05) is 13.2 Å². The summed E-state index contributed by atoms with van der Waals surface area (Å²) in [4.78, 5) is 22.1. The molecule has 4 rings (SSSR count). The number of carboxylic acids is 2. The highest BCUT2D eigenvalue weighted by atomic mass is 32.1. The van der Waals surface area contributed by atoms with Gasteiger partial charge in [0.05, 0.1) is 13.2 Å². The second-order valence-electron chi connectivity index (χ2n) is 10.8. The number of benzene rings is 2. The number of aliphatic carboxylic acids is 2. The van der Waals surface area contributed by atoms with Crippen molar-refractivity contribution in [2.45, 2.75) is 71.6 Å². The lowest BCUT2D eigenvalue weighted by molar-refractivity contribution is -0.138. The van der Waals surface area contributed by atoms with Crippen molar-refractivity contribution in [1.29, 1.82) is 0 Å². The minimum atomic E-state index is -0.853. The molecule has 6 nitrogen and oxygen atoms in total. The van der Waals surface area contributed by atoms with Gasteiger partial charge >= 0.3 is 11.9 Å². The molecule has 0 amide bonds. The van der Waals surface area contributed by atoms with Gasteiger partial charge in [0, 0.05) is 12.8 Å². The Morgan fingerprint density at radius 2 is 1.33 bits per heavy atom. The minimum absolute atomic E-state index is 0.0285. The minimum Gasteiger partial charge on any atom is -0.494 e. The first-order valence-corrected chi connectivity index (χ1v) is 16.7. The van der Waals surface area contributed by atoms with Crippen LogP contribution in [-0.2, 0) is 22.4 Å². The topological polar surface area (TPSA) is 93.1 Å². The van der Waals surface area contributed by atoms with E-state index in [1.165, 1.54) is 33.4 Å². The number of carboxylic acid groups (broad SMARTS) is 2. The molecule has 0 saturated carbocycles. The molecule has 0 bridgehead atoms. The van der Waals surface area contributed by atoms with Crippen molar-refractivity contribution in [3.05, 3.63) is 80.2 Å². The van der Waals surface area contributed by atoms with E-state index in [4.69, 9.17) is 14.6 Å². The molecule has 0 aliphatic carbocycles. The van der Waals surface area contributed by atoms with Crippen molar-refractivity contribution in [3.63, 3.8) is 0 Å². The maximum absolute atomic E-state index is 11.3. The van der Waals surface area contributed by atoms with Crippen molar-refractivity contribution < 1.29 is 29.3 Å². The Kier molecular flexibility index (Phi) is 12.2. The van der Waals surface area contributed by atoms with E-state index >= 15 is 0 Å². The largest absolute Gasteiger partial charge is 0.494 e. The quantitative estimate of drug-likeness (QED) is 0.108. The van der Waals surface area contributed by atoms with E-state index in [2.05, 4.69) is 53.6 Å². The van der Waals surface area contributed by atoms with Crippen molar-refractivity contribution in [2.24, 2.45) is 0 Å². The number of hydrogen-bond acceptors (Lipinski definition) is 6. The Hall–Kier alpha value is -3.62. The number of aryl methyl sites for hydroxylation is 3. The van der Waals surface area contributed by atoms with Gasteiger partial charge in [-0.3, -0.25) is 9.59 Å². The molecule has 43 heavy (non-hydrogen) atoms. The zero-order valence-corrected chi connectivity index (χ0v) is 26.5. The second kappa shape index (κ2) is 16.3. The Morgan fingerprint density at radius 1 is 0.698 bits per heavy atom. The fourth-order valence-corrected chi connectivity index (χ4v) is 6.88. The molecule has 2 aromatic carbocycles. The first kappa shape index (κ1) is 32.3. The normalized spacial score (nSPS) is 11.0. The van der Waals surface area contributed by atoms with Crippen LogP contribution in [0.15, 0.2) is 57.9 Å². The first-order chi connectivity index (χ1) is 20.8. The lowest BCUT2D eigenvalue weighted by Gasteiger charge is -2.15. The Bertz CT molecular complexity index is 1440. The van der Waals surface area contributed by atoms with Crippen LogP contribution in [0, 0.1) is 13.8 Å². The zero-order valence-electron chi connectivity index (χ0n) is 24.9.